The minimum atomic E-state index is -0.104. The lowest BCUT2D eigenvalue weighted by Gasteiger charge is -2.13. The van der Waals surface area contributed by atoms with Crippen LogP contribution in [0.25, 0.3) is 0 Å². The molecule has 5 nitrogen and oxygen atoms in total. The predicted molar refractivity (Wildman–Crippen MR) is 110 cm³/mol. The van der Waals surface area contributed by atoms with Crippen molar-refractivity contribution < 1.29 is 14.3 Å². The lowest BCUT2D eigenvalue weighted by atomic mass is 10.1. The number of carbonyl (C=O) groups excluding carboxylic acids is 1. The number of carbonyl (C=O) groups is 1. The molecule has 1 heterocycles. The zero-order chi connectivity index (χ0) is 18.9. The molecule has 0 radical (unpaired) electrons. The first-order valence-electron chi connectivity index (χ1n) is 9.18. The lowest BCUT2D eigenvalue weighted by molar-refractivity contribution is -0.119. The number of aryl methyl sites for hydroxylation is 1. The van der Waals surface area contributed by atoms with Gasteiger partial charge >= 0.3 is 0 Å². The maximum atomic E-state index is 12.0. The van der Waals surface area contributed by atoms with E-state index >= 15 is 0 Å². The molecule has 1 aliphatic rings. The molecule has 0 aromatic heterocycles. The van der Waals surface area contributed by atoms with Crippen molar-refractivity contribution in [1.82, 2.24) is 5.32 Å². The fourth-order valence-corrected chi connectivity index (χ4v) is 3.09. The van der Waals surface area contributed by atoms with Gasteiger partial charge < -0.3 is 20.1 Å². The van der Waals surface area contributed by atoms with E-state index in [1.54, 1.807) is 0 Å². The zero-order valence-corrected chi connectivity index (χ0v) is 16.0. The van der Waals surface area contributed by atoms with Gasteiger partial charge in [0.25, 0.3) is 0 Å². The highest BCUT2D eigenvalue weighted by atomic mass is 32.1. The summed E-state index contributed by atoms with van der Waals surface area (Å²) in [6.07, 6.45) is 3.43. The number of nitrogens with one attached hydrogen (secondary N) is 2. The van der Waals surface area contributed by atoms with Crippen LogP contribution < -0.4 is 15.4 Å². The summed E-state index contributed by atoms with van der Waals surface area (Å²) in [7, 11) is 0. The molecule has 1 atom stereocenters. The molecule has 142 valence electrons. The fourth-order valence-electron chi connectivity index (χ4n) is 2.85. The summed E-state index contributed by atoms with van der Waals surface area (Å²) >= 11 is 5.21. The molecule has 6 heteroatoms. The van der Waals surface area contributed by atoms with E-state index in [-0.39, 0.29) is 12.0 Å². The minimum absolute atomic E-state index is 0.104. The summed E-state index contributed by atoms with van der Waals surface area (Å²) in [5.74, 6) is 0.682. The first-order valence-corrected chi connectivity index (χ1v) is 9.59. The number of ether oxygens (including phenoxy) is 2. The summed E-state index contributed by atoms with van der Waals surface area (Å²) in [4.78, 5) is 12.0. The molecule has 0 aliphatic carbocycles. The summed E-state index contributed by atoms with van der Waals surface area (Å²) in [6.45, 7) is 1.40. The lowest BCUT2D eigenvalue weighted by Crippen LogP contribution is -2.34. The zero-order valence-electron chi connectivity index (χ0n) is 15.1. The molecule has 27 heavy (non-hydrogen) atoms. The molecule has 3 rings (SSSR count). The molecule has 1 fully saturated rings. The highest BCUT2D eigenvalue weighted by Gasteiger charge is 2.15. The average Bonchev–Trinajstić information content (AvgIpc) is 3.20. The van der Waals surface area contributed by atoms with E-state index in [1.165, 1.54) is 0 Å². The normalized spacial score (nSPS) is 15.9. The second-order valence-electron chi connectivity index (χ2n) is 6.46. The van der Waals surface area contributed by atoms with Crippen LogP contribution in [0.4, 0.5) is 5.69 Å². The second-order valence-corrected chi connectivity index (χ2v) is 6.87. The van der Waals surface area contributed by atoms with Gasteiger partial charge in [-0.1, -0.05) is 30.3 Å². The quantitative estimate of drug-likeness (QED) is 0.713. The third-order valence-corrected chi connectivity index (χ3v) is 4.51. The van der Waals surface area contributed by atoms with E-state index in [4.69, 9.17) is 21.7 Å². The van der Waals surface area contributed by atoms with Gasteiger partial charge in [0.2, 0.25) is 5.91 Å². The average molecular weight is 385 g/mol. The molecule has 2 aromatic carbocycles. The Bertz CT molecular complexity index is 744. The first kappa shape index (κ1) is 19.3. The van der Waals surface area contributed by atoms with Crippen LogP contribution in [0.5, 0.6) is 5.75 Å². The Morgan fingerprint density at radius 2 is 1.93 bits per heavy atom. The Labute approximate surface area is 165 Å². The van der Waals surface area contributed by atoms with Crippen molar-refractivity contribution in [2.75, 3.05) is 18.5 Å². The molecule has 0 bridgehead atoms. The van der Waals surface area contributed by atoms with Crippen LogP contribution in [-0.4, -0.2) is 30.3 Å². The smallest absolute Gasteiger partial charge is 0.226 e. The summed E-state index contributed by atoms with van der Waals surface area (Å²) in [5, 5.41) is 6.02. The van der Waals surface area contributed by atoms with Crippen LogP contribution in [0.1, 0.15) is 24.8 Å². The molecule has 2 N–H and O–H groups in total. The van der Waals surface area contributed by atoms with Crippen LogP contribution in [-0.2, 0) is 16.0 Å². The summed E-state index contributed by atoms with van der Waals surface area (Å²) < 4.78 is 11.3. The van der Waals surface area contributed by atoms with Crippen molar-refractivity contribution in [1.29, 1.82) is 0 Å². The maximum Gasteiger partial charge on any atom is 0.226 e. The molecule has 0 spiro atoms. The van der Waals surface area contributed by atoms with E-state index in [9.17, 15) is 4.79 Å². The molecular formula is C21H24N2O3S. The molecular weight excluding hydrogens is 360 g/mol. The molecule has 2 aromatic rings. The van der Waals surface area contributed by atoms with Crippen LogP contribution in [0, 0.1) is 0 Å². The van der Waals surface area contributed by atoms with Gasteiger partial charge in [-0.05, 0) is 61.3 Å². The Balaban J connectivity index is 1.38. The topological polar surface area (TPSA) is 59.6 Å². The minimum Gasteiger partial charge on any atom is -0.491 e. The number of amides is 1. The van der Waals surface area contributed by atoms with E-state index in [2.05, 4.69) is 10.6 Å². The number of thiocarbonyl (C=S) groups is 1. The van der Waals surface area contributed by atoms with E-state index in [0.717, 1.165) is 36.4 Å². The monoisotopic (exact) mass is 384 g/mol. The number of hydrogen-bond acceptors (Lipinski definition) is 4. The highest BCUT2D eigenvalue weighted by molar-refractivity contribution is 7.80. The third kappa shape index (κ3) is 6.66. The highest BCUT2D eigenvalue weighted by Crippen LogP contribution is 2.18. The Kier molecular flexibility index (Phi) is 7.19. The van der Waals surface area contributed by atoms with Gasteiger partial charge in [0, 0.05) is 18.7 Å². The summed E-state index contributed by atoms with van der Waals surface area (Å²) in [6, 6.07) is 17.4. The van der Waals surface area contributed by atoms with Crippen LogP contribution in [0.15, 0.2) is 54.6 Å². The van der Waals surface area contributed by atoms with Gasteiger partial charge in [-0.2, -0.15) is 0 Å². The Morgan fingerprint density at radius 1 is 1.15 bits per heavy atom. The van der Waals surface area contributed by atoms with Crippen molar-refractivity contribution >= 4 is 28.9 Å². The third-order valence-electron chi connectivity index (χ3n) is 4.31. The van der Waals surface area contributed by atoms with Crippen LogP contribution in [0.2, 0.25) is 0 Å². The Morgan fingerprint density at radius 3 is 2.63 bits per heavy atom. The van der Waals surface area contributed by atoms with Gasteiger partial charge in [0.1, 0.15) is 12.4 Å². The van der Waals surface area contributed by atoms with Crippen molar-refractivity contribution in [3.63, 3.8) is 0 Å². The Hall–Kier alpha value is -2.44. The standard InChI is InChI=1S/C21H24N2O3S/c24-20(13-8-16-5-2-1-3-6-16)23-21(27)22-17-9-11-18(12-10-17)26-15-19-7-4-14-25-19/h1-3,5-6,9-12,19H,4,7-8,13-15H2,(H2,22,23,24,27)/t19-/m1/s1. The van der Waals surface area contributed by atoms with Crippen molar-refractivity contribution in [3.8, 4) is 5.75 Å². The molecule has 1 amide bonds. The first-order chi connectivity index (χ1) is 13.2. The molecule has 1 saturated heterocycles. The van der Waals surface area contributed by atoms with Gasteiger partial charge in [0.15, 0.2) is 5.11 Å². The van der Waals surface area contributed by atoms with E-state index < -0.39 is 0 Å². The van der Waals surface area contributed by atoms with Crippen LogP contribution in [0.3, 0.4) is 0 Å². The van der Waals surface area contributed by atoms with Crippen LogP contribution >= 0.6 is 12.2 Å². The second kappa shape index (κ2) is 10.0. The van der Waals surface area contributed by atoms with E-state index in [0.29, 0.717) is 24.6 Å². The largest absolute Gasteiger partial charge is 0.491 e. The van der Waals surface area contributed by atoms with Gasteiger partial charge in [-0.3, -0.25) is 4.79 Å². The molecule has 1 aliphatic heterocycles. The van der Waals surface area contributed by atoms with Crippen molar-refractivity contribution in [3.05, 3.63) is 60.2 Å². The SMILES string of the molecule is O=C(CCc1ccccc1)NC(=S)Nc1ccc(OC[C@H]2CCCO2)cc1. The summed E-state index contributed by atoms with van der Waals surface area (Å²) in [5.41, 5.74) is 1.93. The van der Waals surface area contributed by atoms with Crippen molar-refractivity contribution in [2.45, 2.75) is 31.8 Å². The van der Waals surface area contributed by atoms with Gasteiger partial charge in [-0.15, -0.1) is 0 Å². The predicted octanol–water partition coefficient (Wildman–Crippen LogP) is 3.69. The fraction of sp³-hybridized carbons (Fsp3) is 0.333. The van der Waals surface area contributed by atoms with Gasteiger partial charge in [-0.25, -0.2) is 0 Å². The molecule has 0 unspecified atom stereocenters. The number of hydrogen-bond donors (Lipinski definition) is 2. The molecule has 0 saturated carbocycles. The number of anilines is 1. The number of rotatable bonds is 7. The number of benzene rings is 2. The van der Waals surface area contributed by atoms with Gasteiger partial charge in [0.05, 0.1) is 6.10 Å². The van der Waals surface area contributed by atoms with E-state index in [1.807, 2.05) is 54.6 Å². The van der Waals surface area contributed by atoms with Crippen molar-refractivity contribution in [2.24, 2.45) is 0 Å². The maximum absolute atomic E-state index is 12.0.